The van der Waals surface area contributed by atoms with Crippen molar-refractivity contribution < 1.29 is 18.4 Å². The van der Waals surface area contributed by atoms with Gasteiger partial charge in [0.05, 0.1) is 28.7 Å². The van der Waals surface area contributed by atoms with Crippen LogP contribution in [-0.2, 0) is 0 Å². The van der Waals surface area contributed by atoms with Crippen molar-refractivity contribution >= 4 is 40.7 Å². The fraction of sp³-hybridized carbons (Fsp3) is 0.227. The van der Waals surface area contributed by atoms with Crippen molar-refractivity contribution in [3.8, 4) is 0 Å². The third-order valence-corrected chi connectivity index (χ3v) is 5.28. The Morgan fingerprint density at radius 2 is 1.76 bits per heavy atom. The van der Waals surface area contributed by atoms with E-state index in [0.29, 0.717) is 16.9 Å². The van der Waals surface area contributed by atoms with Crippen LogP contribution in [0.2, 0.25) is 5.02 Å². The molecule has 3 aromatic rings. The third-order valence-electron chi connectivity index (χ3n) is 5.06. The zero-order valence-corrected chi connectivity index (χ0v) is 18.6. The lowest BCUT2D eigenvalue weighted by Gasteiger charge is -2.20. The highest BCUT2D eigenvalue weighted by Crippen LogP contribution is 2.22. The Morgan fingerprint density at radius 3 is 2.50 bits per heavy atom. The molecule has 3 heterocycles. The molecule has 1 fully saturated rings. The molecule has 3 N–H and O–H groups in total. The molecule has 0 radical (unpaired) electrons. The molecule has 0 bridgehead atoms. The zero-order valence-electron chi connectivity index (χ0n) is 17.8. The first-order valence-electron chi connectivity index (χ1n) is 10.4. The summed E-state index contributed by atoms with van der Waals surface area (Å²) < 4.78 is 27.8. The number of carbonyl (C=O) groups excluding carboxylic acids is 2. The van der Waals surface area contributed by atoms with Gasteiger partial charge in [-0.25, -0.2) is 23.7 Å². The van der Waals surface area contributed by atoms with Crippen LogP contribution in [0.4, 0.5) is 26.1 Å². The van der Waals surface area contributed by atoms with Crippen molar-refractivity contribution in [3.63, 3.8) is 0 Å². The average molecular weight is 488 g/mol. The largest absolute Gasteiger partial charge is 0.354 e. The summed E-state index contributed by atoms with van der Waals surface area (Å²) in [6, 6.07) is 4.36. The maximum atomic E-state index is 13.9. The second-order valence-corrected chi connectivity index (χ2v) is 7.87. The number of nitrogens with one attached hydrogen (secondary N) is 3. The summed E-state index contributed by atoms with van der Waals surface area (Å²) in [5.41, 5.74) is -0.586. The second kappa shape index (κ2) is 10.5. The fourth-order valence-corrected chi connectivity index (χ4v) is 3.45. The summed E-state index contributed by atoms with van der Waals surface area (Å²) in [5, 5.41) is 8.50. The minimum atomic E-state index is -1.25. The molecule has 0 spiro atoms. The van der Waals surface area contributed by atoms with E-state index in [1.54, 1.807) is 0 Å². The smallest absolute Gasteiger partial charge is 0.275 e. The highest BCUT2D eigenvalue weighted by atomic mass is 35.5. The van der Waals surface area contributed by atoms with Crippen LogP contribution < -0.4 is 20.9 Å². The number of amides is 2. The van der Waals surface area contributed by atoms with E-state index in [-0.39, 0.29) is 22.8 Å². The highest BCUT2D eigenvalue weighted by molar-refractivity contribution is 6.30. The molecule has 0 unspecified atom stereocenters. The fourth-order valence-electron chi connectivity index (χ4n) is 3.33. The molecule has 4 rings (SSSR count). The minimum Gasteiger partial charge on any atom is -0.354 e. The normalized spacial score (nSPS) is 13.8. The monoisotopic (exact) mass is 487 g/mol. The van der Waals surface area contributed by atoms with E-state index >= 15 is 0 Å². The van der Waals surface area contributed by atoms with Gasteiger partial charge in [-0.2, -0.15) is 0 Å². The van der Waals surface area contributed by atoms with E-state index in [1.165, 1.54) is 30.7 Å². The van der Waals surface area contributed by atoms with E-state index in [2.05, 4.69) is 35.8 Å². The van der Waals surface area contributed by atoms with Crippen LogP contribution in [0, 0.1) is 11.6 Å². The molecule has 1 aliphatic heterocycles. The maximum Gasteiger partial charge on any atom is 0.275 e. The Bertz CT molecular complexity index is 1190. The molecule has 34 heavy (non-hydrogen) atoms. The lowest BCUT2D eigenvalue weighted by molar-refractivity contribution is 0.102. The van der Waals surface area contributed by atoms with Gasteiger partial charge in [-0.1, -0.05) is 11.6 Å². The van der Waals surface area contributed by atoms with Crippen LogP contribution in [0.1, 0.15) is 27.3 Å². The summed E-state index contributed by atoms with van der Waals surface area (Å²) in [7, 11) is 0. The van der Waals surface area contributed by atoms with Crippen molar-refractivity contribution in [1.82, 2.24) is 20.3 Å². The number of rotatable bonds is 5. The van der Waals surface area contributed by atoms with E-state index in [1.807, 2.05) is 0 Å². The first-order chi connectivity index (χ1) is 16.4. The molecule has 12 heteroatoms. The van der Waals surface area contributed by atoms with Crippen molar-refractivity contribution in [3.05, 3.63) is 70.8 Å². The number of pyridine rings is 1. The van der Waals surface area contributed by atoms with Crippen LogP contribution in [-0.4, -0.2) is 52.9 Å². The van der Waals surface area contributed by atoms with Crippen LogP contribution >= 0.6 is 11.6 Å². The molecule has 1 aliphatic rings. The van der Waals surface area contributed by atoms with Gasteiger partial charge < -0.3 is 20.9 Å². The third kappa shape index (κ3) is 5.61. The van der Waals surface area contributed by atoms with Crippen LogP contribution in [0.5, 0.6) is 0 Å². The van der Waals surface area contributed by atoms with Gasteiger partial charge in [0.15, 0.2) is 11.6 Å². The Labute approximate surface area is 198 Å². The SMILES string of the molecule is O=C(Nc1cc(F)c(F)cc1C(=O)Nc1ccc(Cl)cn1)c1cnc(N2CCCNCC2)cn1. The molecule has 9 nitrogen and oxygen atoms in total. The predicted octanol–water partition coefficient (Wildman–Crippen LogP) is 3.11. The summed E-state index contributed by atoms with van der Waals surface area (Å²) in [6.07, 6.45) is 5.04. The number of aromatic nitrogens is 3. The molecule has 0 atom stereocenters. The molecule has 2 aromatic heterocycles. The van der Waals surface area contributed by atoms with Gasteiger partial charge in [-0.3, -0.25) is 9.59 Å². The molecule has 176 valence electrons. The zero-order chi connectivity index (χ0) is 24.1. The van der Waals surface area contributed by atoms with E-state index < -0.39 is 23.4 Å². The van der Waals surface area contributed by atoms with E-state index in [0.717, 1.165) is 38.7 Å². The number of anilines is 3. The maximum absolute atomic E-state index is 13.9. The van der Waals surface area contributed by atoms with Gasteiger partial charge in [0.1, 0.15) is 17.3 Å². The van der Waals surface area contributed by atoms with Gasteiger partial charge in [0.2, 0.25) is 0 Å². The van der Waals surface area contributed by atoms with Gasteiger partial charge in [0.25, 0.3) is 11.8 Å². The molecule has 2 amide bonds. The lowest BCUT2D eigenvalue weighted by atomic mass is 10.1. The minimum absolute atomic E-state index is 0.0489. The Balaban J connectivity index is 1.52. The first kappa shape index (κ1) is 23.5. The molecule has 0 aliphatic carbocycles. The average Bonchev–Trinajstić information content (AvgIpc) is 3.12. The summed E-state index contributed by atoms with van der Waals surface area (Å²) >= 11 is 5.77. The van der Waals surface area contributed by atoms with Crippen molar-refractivity contribution in [2.24, 2.45) is 0 Å². The first-order valence-corrected chi connectivity index (χ1v) is 10.8. The number of nitrogens with zero attached hydrogens (tertiary/aromatic N) is 4. The van der Waals surface area contributed by atoms with Crippen LogP contribution in [0.3, 0.4) is 0 Å². The van der Waals surface area contributed by atoms with Gasteiger partial charge in [-0.15, -0.1) is 0 Å². The number of halogens is 3. The molecule has 0 saturated carbocycles. The van der Waals surface area contributed by atoms with Crippen molar-refractivity contribution in [1.29, 1.82) is 0 Å². The van der Waals surface area contributed by atoms with Gasteiger partial charge >= 0.3 is 0 Å². The lowest BCUT2D eigenvalue weighted by Crippen LogP contribution is -2.29. The predicted molar refractivity (Wildman–Crippen MR) is 123 cm³/mol. The summed E-state index contributed by atoms with van der Waals surface area (Å²) in [6.45, 7) is 3.30. The molecular formula is C22H20ClF2N7O2. The standard InChI is InChI=1S/C22H20ClF2N7O2/c23-13-2-3-19(28-10-13)31-21(33)14-8-15(24)16(25)9-17(14)30-22(34)18-11-29-20(12-27-18)32-6-1-4-26-5-7-32/h2-3,8-12,26H,1,4-7H2,(H,30,34)(H,28,31,33). The molecular weight excluding hydrogens is 468 g/mol. The van der Waals surface area contributed by atoms with E-state index in [4.69, 9.17) is 11.6 Å². The van der Waals surface area contributed by atoms with Crippen molar-refractivity contribution in [2.45, 2.75) is 6.42 Å². The number of benzene rings is 1. The topological polar surface area (TPSA) is 112 Å². The quantitative estimate of drug-likeness (QED) is 0.507. The molecule has 1 aromatic carbocycles. The van der Waals surface area contributed by atoms with Crippen LogP contribution in [0.25, 0.3) is 0 Å². The summed E-state index contributed by atoms with van der Waals surface area (Å²) in [5.74, 6) is -3.25. The van der Waals surface area contributed by atoms with E-state index in [9.17, 15) is 18.4 Å². The Hall–Kier alpha value is -3.70. The second-order valence-electron chi connectivity index (χ2n) is 7.43. The number of hydrogen-bond acceptors (Lipinski definition) is 7. The van der Waals surface area contributed by atoms with Gasteiger partial charge in [0, 0.05) is 31.9 Å². The van der Waals surface area contributed by atoms with Gasteiger partial charge in [-0.05, 0) is 31.2 Å². The van der Waals surface area contributed by atoms with Crippen molar-refractivity contribution in [2.75, 3.05) is 41.7 Å². The van der Waals surface area contributed by atoms with Crippen LogP contribution in [0.15, 0.2) is 42.9 Å². The Morgan fingerprint density at radius 1 is 0.941 bits per heavy atom. The number of hydrogen-bond donors (Lipinski definition) is 3. The highest BCUT2D eigenvalue weighted by Gasteiger charge is 2.20. The summed E-state index contributed by atoms with van der Waals surface area (Å²) in [4.78, 5) is 39.8. The Kier molecular flexibility index (Phi) is 7.24. The number of carbonyl (C=O) groups is 2. The molecule has 1 saturated heterocycles.